The Bertz CT molecular complexity index is 601. The summed E-state index contributed by atoms with van der Waals surface area (Å²) in [5.41, 5.74) is -0.0639. The molecule has 0 unspecified atom stereocenters. The van der Waals surface area contributed by atoms with E-state index in [0.29, 0.717) is 16.0 Å². The van der Waals surface area contributed by atoms with Gasteiger partial charge in [0, 0.05) is 13.0 Å². The highest BCUT2D eigenvalue weighted by atomic mass is 35.5. The summed E-state index contributed by atoms with van der Waals surface area (Å²) in [5.74, 6) is 0.872. The molecule has 0 saturated carbocycles. The van der Waals surface area contributed by atoms with E-state index in [1.807, 2.05) is 0 Å². The van der Waals surface area contributed by atoms with E-state index >= 15 is 0 Å². The van der Waals surface area contributed by atoms with Crippen LogP contribution in [-0.2, 0) is 19.5 Å². The molecule has 0 bridgehead atoms. The zero-order valence-electron chi connectivity index (χ0n) is 8.97. The fraction of sp³-hybridized carbons (Fsp3) is 0.556. The van der Waals surface area contributed by atoms with E-state index in [-0.39, 0.29) is 5.69 Å². The van der Waals surface area contributed by atoms with Crippen molar-refractivity contribution in [3.63, 3.8) is 0 Å². The van der Waals surface area contributed by atoms with Crippen molar-refractivity contribution in [2.24, 2.45) is 0 Å². The Labute approximate surface area is 106 Å². The molecular weight excluding hydrogens is 262 g/mol. The predicted octanol–water partition coefficient (Wildman–Crippen LogP) is 0.934. The molecule has 3 heterocycles. The van der Waals surface area contributed by atoms with Crippen LogP contribution in [0.4, 0.5) is 0 Å². The maximum atomic E-state index is 12.0. The largest absolute Gasteiger partial charge is 0.346 e. The topological polar surface area (TPSA) is 65.6 Å². The lowest BCUT2D eigenvalue weighted by Gasteiger charge is -2.09. The molecule has 6 nitrogen and oxygen atoms in total. The van der Waals surface area contributed by atoms with Crippen LogP contribution in [0.15, 0.2) is 4.79 Å². The van der Waals surface area contributed by atoms with E-state index in [4.69, 9.17) is 11.6 Å². The number of hydrogen-bond donors (Lipinski definition) is 0. The first-order valence-corrected chi connectivity index (χ1v) is 6.58. The summed E-state index contributed by atoms with van der Waals surface area (Å²) in [7, 11) is 0. The van der Waals surface area contributed by atoms with Gasteiger partial charge in [0.15, 0.2) is 0 Å². The number of aryl methyl sites for hydroxylation is 1. The molecular formula is C9H10ClN5OS. The highest BCUT2D eigenvalue weighted by Crippen LogP contribution is 2.15. The first-order valence-electron chi connectivity index (χ1n) is 5.38. The average molecular weight is 272 g/mol. The normalized spacial score (nSPS) is 14.9. The molecule has 0 fully saturated rings. The van der Waals surface area contributed by atoms with Crippen LogP contribution >= 0.6 is 22.9 Å². The summed E-state index contributed by atoms with van der Waals surface area (Å²) in [6, 6.07) is 0. The van der Waals surface area contributed by atoms with Gasteiger partial charge in [-0.05, 0) is 24.4 Å². The van der Waals surface area contributed by atoms with Gasteiger partial charge in [-0.3, -0.25) is 4.57 Å². The van der Waals surface area contributed by atoms with Crippen LogP contribution in [0.5, 0.6) is 0 Å². The summed E-state index contributed by atoms with van der Waals surface area (Å²) >= 11 is 6.97. The van der Waals surface area contributed by atoms with Crippen LogP contribution in [0.2, 0.25) is 4.47 Å². The minimum atomic E-state index is -0.0639. The molecule has 2 aromatic heterocycles. The summed E-state index contributed by atoms with van der Waals surface area (Å²) in [6.45, 7) is 1.12. The number of aromatic nitrogens is 5. The Morgan fingerprint density at radius 3 is 2.94 bits per heavy atom. The van der Waals surface area contributed by atoms with Crippen molar-refractivity contribution in [2.45, 2.75) is 32.4 Å². The van der Waals surface area contributed by atoms with Crippen molar-refractivity contribution in [3.8, 4) is 0 Å². The Kier molecular flexibility index (Phi) is 2.71. The van der Waals surface area contributed by atoms with E-state index in [0.717, 1.165) is 31.6 Å². The molecule has 0 saturated heterocycles. The molecule has 0 spiro atoms. The van der Waals surface area contributed by atoms with Crippen LogP contribution < -0.4 is 5.69 Å². The van der Waals surface area contributed by atoms with Crippen molar-refractivity contribution >= 4 is 22.9 Å². The molecule has 0 radical (unpaired) electrons. The minimum absolute atomic E-state index is 0.0639. The van der Waals surface area contributed by atoms with Gasteiger partial charge in [0.25, 0.3) is 0 Å². The summed E-state index contributed by atoms with van der Waals surface area (Å²) < 4.78 is 3.57. The Hall–Kier alpha value is -1.21. The second-order valence-corrected chi connectivity index (χ2v) is 5.56. The second kappa shape index (κ2) is 4.23. The monoisotopic (exact) mass is 271 g/mol. The Balaban J connectivity index is 1.93. The third kappa shape index (κ3) is 2.00. The molecule has 0 aromatic carbocycles. The molecule has 0 atom stereocenters. The highest BCUT2D eigenvalue weighted by molar-refractivity contribution is 7.15. The predicted molar refractivity (Wildman–Crippen MR) is 63.4 cm³/mol. The number of rotatable bonds is 2. The fourth-order valence-electron chi connectivity index (χ4n) is 1.98. The molecule has 8 heteroatoms. The van der Waals surface area contributed by atoms with E-state index in [1.165, 1.54) is 16.0 Å². The molecule has 3 rings (SSSR count). The minimum Gasteiger partial charge on any atom is -0.279 e. The standard InChI is InChI=1S/C9H10ClN5OS/c10-8-12-11-7(17-8)5-15-9(16)14-4-2-1-3-6(14)13-15/h1-5H2. The van der Waals surface area contributed by atoms with Crippen molar-refractivity contribution in [1.29, 1.82) is 0 Å². The van der Waals surface area contributed by atoms with Crippen molar-refractivity contribution < 1.29 is 0 Å². The molecule has 17 heavy (non-hydrogen) atoms. The maximum absolute atomic E-state index is 12.0. The fourth-order valence-corrected chi connectivity index (χ4v) is 2.83. The van der Waals surface area contributed by atoms with Crippen LogP contribution in [-0.4, -0.2) is 24.5 Å². The molecule has 0 N–H and O–H groups in total. The van der Waals surface area contributed by atoms with E-state index < -0.39 is 0 Å². The van der Waals surface area contributed by atoms with Gasteiger partial charge in [0.1, 0.15) is 17.4 Å². The molecule has 1 aliphatic heterocycles. The van der Waals surface area contributed by atoms with Crippen LogP contribution in [0.1, 0.15) is 23.7 Å². The van der Waals surface area contributed by atoms with Crippen molar-refractivity contribution in [1.82, 2.24) is 24.5 Å². The lowest BCUT2D eigenvalue weighted by Crippen LogP contribution is -2.27. The quantitative estimate of drug-likeness (QED) is 0.815. The van der Waals surface area contributed by atoms with Gasteiger partial charge in [0.2, 0.25) is 4.47 Å². The molecule has 0 amide bonds. The Morgan fingerprint density at radius 2 is 2.24 bits per heavy atom. The average Bonchev–Trinajstić information content (AvgIpc) is 2.86. The SMILES string of the molecule is O=c1n(Cc2nnc(Cl)s2)nc2n1CCCC2. The van der Waals surface area contributed by atoms with Gasteiger partial charge in [-0.25, -0.2) is 9.48 Å². The van der Waals surface area contributed by atoms with E-state index in [9.17, 15) is 4.79 Å². The number of nitrogens with zero attached hydrogens (tertiary/aromatic N) is 5. The van der Waals surface area contributed by atoms with Crippen molar-refractivity contribution in [2.75, 3.05) is 0 Å². The Morgan fingerprint density at radius 1 is 1.35 bits per heavy atom. The van der Waals surface area contributed by atoms with Gasteiger partial charge in [-0.1, -0.05) is 11.3 Å². The molecule has 0 aliphatic carbocycles. The van der Waals surface area contributed by atoms with Gasteiger partial charge >= 0.3 is 5.69 Å². The highest BCUT2D eigenvalue weighted by Gasteiger charge is 2.17. The van der Waals surface area contributed by atoms with Crippen LogP contribution in [0, 0.1) is 0 Å². The molecule has 1 aliphatic rings. The summed E-state index contributed by atoms with van der Waals surface area (Å²) in [5, 5.41) is 12.6. The smallest absolute Gasteiger partial charge is 0.279 e. The number of hydrogen-bond acceptors (Lipinski definition) is 5. The first kappa shape index (κ1) is 10.9. The lowest BCUT2D eigenvalue weighted by atomic mass is 10.2. The van der Waals surface area contributed by atoms with Gasteiger partial charge in [-0.2, -0.15) is 5.10 Å². The molecule has 2 aromatic rings. The second-order valence-electron chi connectivity index (χ2n) is 3.91. The third-order valence-corrected chi connectivity index (χ3v) is 3.76. The third-order valence-electron chi connectivity index (χ3n) is 2.76. The zero-order chi connectivity index (χ0) is 11.8. The van der Waals surface area contributed by atoms with Gasteiger partial charge in [-0.15, -0.1) is 10.2 Å². The summed E-state index contributed by atoms with van der Waals surface area (Å²) in [6.07, 6.45) is 3.02. The number of halogens is 1. The van der Waals surface area contributed by atoms with Crippen LogP contribution in [0.3, 0.4) is 0 Å². The first-order chi connectivity index (χ1) is 8.24. The maximum Gasteiger partial charge on any atom is 0.346 e. The van der Waals surface area contributed by atoms with Gasteiger partial charge < -0.3 is 0 Å². The lowest BCUT2D eigenvalue weighted by molar-refractivity contribution is 0.511. The van der Waals surface area contributed by atoms with Crippen LogP contribution in [0.25, 0.3) is 0 Å². The molecule has 90 valence electrons. The zero-order valence-corrected chi connectivity index (χ0v) is 10.5. The van der Waals surface area contributed by atoms with E-state index in [1.54, 1.807) is 4.57 Å². The summed E-state index contributed by atoms with van der Waals surface area (Å²) in [4.78, 5) is 12.0. The van der Waals surface area contributed by atoms with E-state index in [2.05, 4.69) is 15.3 Å². The van der Waals surface area contributed by atoms with Crippen molar-refractivity contribution in [3.05, 3.63) is 25.8 Å². The number of fused-ring (bicyclic) bond motifs is 1. The van der Waals surface area contributed by atoms with Gasteiger partial charge in [0.05, 0.1) is 0 Å².